The molecule has 0 fully saturated rings. The molecule has 0 bridgehead atoms. The van der Waals surface area contributed by atoms with E-state index in [2.05, 4.69) is 12.2 Å². The van der Waals surface area contributed by atoms with Crippen LogP contribution in [-0.4, -0.2) is 46.7 Å². The van der Waals surface area contributed by atoms with E-state index in [1.54, 1.807) is 7.11 Å². The van der Waals surface area contributed by atoms with Crippen molar-refractivity contribution < 1.29 is 27.5 Å². The maximum Gasteiger partial charge on any atom is 0.264 e. The second-order valence-corrected chi connectivity index (χ2v) is 8.43. The normalized spacial score (nSPS) is 11.4. The lowest BCUT2D eigenvalue weighted by Gasteiger charge is -2.14. The number of nitrogens with one attached hydrogen (secondary N) is 1. The van der Waals surface area contributed by atoms with Gasteiger partial charge < -0.3 is 14.8 Å². The van der Waals surface area contributed by atoms with Crippen molar-refractivity contribution in [1.82, 2.24) is 9.79 Å². The summed E-state index contributed by atoms with van der Waals surface area (Å²) in [4.78, 5) is 17.2. The summed E-state index contributed by atoms with van der Waals surface area (Å²) in [6.07, 6.45) is 2.01. The molecule has 1 N–H and O–H groups in total. The van der Waals surface area contributed by atoms with E-state index in [4.69, 9.17) is 14.3 Å². The monoisotopic (exact) mass is 436 g/mol. The number of rotatable bonds is 11. The Morgan fingerprint density at radius 3 is 2.37 bits per heavy atom. The van der Waals surface area contributed by atoms with Crippen molar-refractivity contribution in [3.63, 3.8) is 0 Å². The molecule has 0 unspecified atom stereocenters. The Balaban J connectivity index is 2.02. The zero-order chi connectivity index (χ0) is 22.1. The zero-order valence-corrected chi connectivity index (χ0v) is 18.5. The highest BCUT2D eigenvalue weighted by molar-refractivity contribution is 7.89. The van der Waals surface area contributed by atoms with E-state index in [0.717, 1.165) is 22.9 Å². The number of carbonyl (C=O) groups excluding carboxylic acids is 1. The van der Waals surface area contributed by atoms with E-state index in [1.807, 2.05) is 18.2 Å². The highest BCUT2D eigenvalue weighted by Gasteiger charge is 2.21. The summed E-state index contributed by atoms with van der Waals surface area (Å²) in [7, 11) is 0.375. The molecule has 9 heteroatoms. The fraction of sp³-hybridized carbons (Fsp3) is 0.381. The van der Waals surface area contributed by atoms with Crippen molar-refractivity contribution in [3.05, 3.63) is 53.6 Å². The number of ether oxygens (including phenoxy) is 2. The van der Waals surface area contributed by atoms with Gasteiger partial charge in [-0.1, -0.05) is 23.9 Å². The van der Waals surface area contributed by atoms with Gasteiger partial charge in [0.1, 0.15) is 0 Å². The average Bonchev–Trinajstić information content (AvgIpc) is 2.77. The van der Waals surface area contributed by atoms with Gasteiger partial charge in [0.05, 0.1) is 25.7 Å². The molecule has 1 amide bonds. The second-order valence-electron chi connectivity index (χ2n) is 6.49. The van der Waals surface area contributed by atoms with Crippen molar-refractivity contribution in [2.75, 3.05) is 27.9 Å². The van der Waals surface area contributed by atoms with Gasteiger partial charge in [-0.3, -0.25) is 9.63 Å². The molecule has 0 aromatic heterocycles. The number of sulfonamides is 1. The van der Waals surface area contributed by atoms with Crippen LogP contribution in [-0.2, 0) is 21.4 Å². The lowest BCUT2D eigenvalue weighted by Crippen LogP contribution is -2.26. The van der Waals surface area contributed by atoms with Crippen LogP contribution in [0.5, 0.6) is 11.5 Å². The number of hydrogen-bond donors (Lipinski definition) is 1. The minimum absolute atomic E-state index is 0.0341. The molecule has 0 aliphatic rings. The number of hydrogen-bond acceptors (Lipinski definition) is 6. The van der Waals surface area contributed by atoms with Gasteiger partial charge in [-0.05, 0) is 48.4 Å². The Hall–Kier alpha value is -2.62. The van der Waals surface area contributed by atoms with E-state index >= 15 is 0 Å². The maximum atomic E-state index is 12.4. The van der Waals surface area contributed by atoms with Crippen molar-refractivity contribution in [1.29, 1.82) is 0 Å². The van der Waals surface area contributed by atoms with Gasteiger partial charge in [0.2, 0.25) is 0 Å². The Kier molecular flexibility index (Phi) is 8.64. The Labute approximate surface area is 177 Å². The number of benzene rings is 2. The zero-order valence-electron chi connectivity index (χ0n) is 17.7. The predicted octanol–water partition coefficient (Wildman–Crippen LogP) is 2.99. The number of unbranched alkanes of at least 4 members (excludes halogenated alkanes) is 1. The SMILES string of the molecule is CCCCOc1ccc(CNC(=O)c2ccc(S(=O)(=O)N(C)OC)cc2)cc1OC. The molecular formula is C21H28N2O6S. The molecule has 164 valence electrons. The quantitative estimate of drug-likeness (QED) is 0.430. The van der Waals surface area contributed by atoms with Crippen molar-refractivity contribution in [3.8, 4) is 11.5 Å². The van der Waals surface area contributed by atoms with Crippen LogP contribution in [0.25, 0.3) is 0 Å². The summed E-state index contributed by atoms with van der Waals surface area (Å²) >= 11 is 0. The number of hydroxylamine groups is 1. The molecule has 30 heavy (non-hydrogen) atoms. The molecule has 0 aliphatic carbocycles. The second kappa shape index (κ2) is 11.0. The minimum Gasteiger partial charge on any atom is -0.493 e. The Bertz CT molecular complexity index is 944. The van der Waals surface area contributed by atoms with Gasteiger partial charge in [0.15, 0.2) is 11.5 Å². The summed E-state index contributed by atoms with van der Waals surface area (Å²) in [5.41, 5.74) is 1.20. The maximum absolute atomic E-state index is 12.4. The largest absolute Gasteiger partial charge is 0.493 e. The number of methoxy groups -OCH3 is 1. The topological polar surface area (TPSA) is 94.2 Å². The number of nitrogens with zero attached hydrogens (tertiary/aromatic N) is 1. The molecule has 0 heterocycles. The van der Waals surface area contributed by atoms with E-state index in [0.29, 0.717) is 23.7 Å². The van der Waals surface area contributed by atoms with Gasteiger partial charge in [0.25, 0.3) is 15.9 Å². The minimum atomic E-state index is -3.75. The Morgan fingerprint density at radius 1 is 1.07 bits per heavy atom. The standard InChI is InChI=1S/C21H28N2O6S/c1-5-6-13-29-19-12-7-16(14-20(19)27-3)15-22-21(24)17-8-10-18(11-9-17)30(25,26)23(2)28-4/h7-12,14H,5-6,13,15H2,1-4H3,(H,22,24). The van der Waals surface area contributed by atoms with Gasteiger partial charge >= 0.3 is 0 Å². The van der Waals surface area contributed by atoms with Crippen molar-refractivity contribution in [2.45, 2.75) is 31.2 Å². The third-order valence-corrected chi connectivity index (χ3v) is 6.14. The van der Waals surface area contributed by atoms with E-state index < -0.39 is 10.0 Å². The fourth-order valence-electron chi connectivity index (χ4n) is 2.58. The summed E-state index contributed by atoms with van der Waals surface area (Å²) in [6.45, 7) is 3.00. The smallest absolute Gasteiger partial charge is 0.264 e. The molecule has 8 nitrogen and oxygen atoms in total. The van der Waals surface area contributed by atoms with Gasteiger partial charge in [-0.2, -0.15) is 0 Å². The summed E-state index contributed by atoms with van der Waals surface area (Å²) in [5, 5.41) is 2.81. The molecule has 2 aromatic rings. The van der Waals surface area contributed by atoms with Crippen LogP contribution >= 0.6 is 0 Å². The first-order valence-corrected chi connectivity index (χ1v) is 11.0. The van der Waals surface area contributed by atoms with Crippen molar-refractivity contribution in [2.24, 2.45) is 0 Å². The van der Waals surface area contributed by atoms with E-state index in [-0.39, 0.29) is 17.3 Å². The van der Waals surface area contributed by atoms with Gasteiger partial charge in [-0.15, -0.1) is 0 Å². The highest BCUT2D eigenvalue weighted by atomic mass is 32.2. The molecule has 0 atom stereocenters. The lowest BCUT2D eigenvalue weighted by molar-refractivity contribution is -0.0258. The molecule has 0 spiro atoms. The first kappa shape index (κ1) is 23.7. The van der Waals surface area contributed by atoms with Crippen LogP contribution in [0.1, 0.15) is 35.7 Å². The summed E-state index contributed by atoms with van der Waals surface area (Å²) < 4.78 is 36.2. The van der Waals surface area contributed by atoms with Crippen LogP contribution in [0.4, 0.5) is 0 Å². The molecule has 0 saturated carbocycles. The van der Waals surface area contributed by atoms with Crippen molar-refractivity contribution >= 4 is 15.9 Å². The molecular weight excluding hydrogens is 408 g/mol. The van der Waals surface area contributed by atoms with Crippen LogP contribution in [0.15, 0.2) is 47.4 Å². The van der Waals surface area contributed by atoms with Crippen LogP contribution in [0.3, 0.4) is 0 Å². The van der Waals surface area contributed by atoms with Crippen LogP contribution in [0.2, 0.25) is 0 Å². The summed E-state index contributed by atoms with van der Waals surface area (Å²) in [5.74, 6) is 0.954. The summed E-state index contributed by atoms with van der Waals surface area (Å²) in [6, 6.07) is 11.1. The highest BCUT2D eigenvalue weighted by Crippen LogP contribution is 2.28. The van der Waals surface area contributed by atoms with Crippen LogP contribution in [0, 0.1) is 0 Å². The third kappa shape index (κ3) is 5.94. The van der Waals surface area contributed by atoms with Crippen LogP contribution < -0.4 is 14.8 Å². The van der Waals surface area contributed by atoms with Gasteiger partial charge in [-0.25, -0.2) is 8.42 Å². The first-order chi connectivity index (χ1) is 14.3. The molecule has 0 radical (unpaired) electrons. The molecule has 0 saturated heterocycles. The third-order valence-electron chi connectivity index (χ3n) is 4.45. The fourth-order valence-corrected chi connectivity index (χ4v) is 3.55. The van der Waals surface area contributed by atoms with Gasteiger partial charge in [0, 0.05) is 19.2 Å². The van der Waals surface area contributed by atoms with E-state index in [9.17, 15) is 13.2 Å². The predicted molar refractivity (Wildman–Crippen MR) is 113 cm³/mol. The molecule has 2 aromatic carbocycles. The van der Waals surface area contributed by atoms with E-state index in [1.165, 1.54) is 38.4 Å². The average molecular weight is 437 g/mol. The molecule has 2 rings (SSSR count). The molecule has 0 aliphatic heterocycles. The first-order valence-electron chi connectivity index (χ1n) is 9.54. The lowest BCUT2D eigenvalue weighted by atomic mass is 10.1. The number of amides is 1. The number of carbonyl (C=O) groups is 1. The Morgan fingerprint density at radius 2 is 1.77 bits per heavy atom.